The van der Waals surface area contributed by atoms with E-state index in [2.05, 4.69) is 20.5 Å². The zero-order valence-electron chi connectivity index (χ0n) is 14.6. The van der Waals surface area contributed by atoms with Crippen LogP contribution in [0.15, 0.2) is 59.8 Å². The monoisotopic (exact) mass is 382 g/mol. The van der Waals surface area contributed by atoms with Crippen LogP contribution in [0.5, 0.6) is 0 Å². The van der Waals surface area contributed by atoms with Crippen LogP contribution in [0.1, 0.15) is 17.3 Å². The molecule has 1 heterocycles. The maximum absolute atomic E-state index is 12.2. The van der Waals surface area contributed by atoms with Gasteiger partial charge in [-0.1, -0.05) is 48.2 Å². The number of benzene rings is 2. The lowest BCUT2D eigenvalue weighted by Crippen LogP contribution is -2.14. The molecule has 0 aliphatic heterocycles. The van der Waals surface area contributed by atoms with E-state index in [-0.39, 0.29) is 11.7 Å². The highest BCUT2D eigenvalue weighted by molar-refractivity contribution is 7.99. The topological polar surface area (TPSA) is 97.0 Å². The number of carbonyl (C=O) groups is 2. The molecule has 8 heteroatoms. The number of rotatable bonds is 7. The van der Waals surface area contributed by atoms with E-state index in [9.17, 15) is 9.59 Å². The Hall–Kier alpha value is -3.13. The molecule has 27 heavy (non-hydrogen) atoms. The van der Waals surface area contributed by atoms with Crippen LogP contribution in [0, 0.1) is 0 Å². The van der Waals surface area contributed by atoms with Crippen molar-refractivity contribution in [3.8, 4) is 11.4 Å². The Bertz CT molecular complexity index is 927. The molecule has 0 aliphatic rings. The summed E-state index contributed by atoms with van der Waals surface area (Å²) in [5, 5.41) is 10.2. The van der Waals surface area contributed by atoms with Crippen molar-refractivity contribution >= 4 is 29.3 Å². The first-order chi connectivity index (χ1) is 13.2. The van der Waals surface area contributed by atoms with Crippen molar-refractivity contribution < 1.29 is 14.3 Å². The fraction of sp³-hybridized carbons (Fsp3) is 0.158. The number of nitrogens with one attached hydrogen (secondary N) is 2. The highest BCUT2D eigenvalue weighted by atomic mass is 32.2. The van der Waals surface area contributed by atoms with Crippen LogP contribution in [0.2, 0.25) is 0 Å². The third kappa shape index (κ3) is 5.18. The van der Waals surface area contributed by atoms with E-state index in [4.69, 9.17) is 4.74 Å². The standard InChI is InChI=1S/C19H18N4O3S/c1-2-26-18(25)14-9-6-10-15(11-14)20-16(24)12-27-19-21-17(22-23-19)13-7-4-3-5-8-13/h3-11H,2,12H2,1H3,(H,20,24)(H,21,22,23). The van der Waals surface area contributed by atoms with Gasteiger partial charge in [-0.05, 0) is 25.1 Å². The lowest BCUT2D eigenvalue weighted by Gasteiger charge is -2.06. The first kappa shape index (κ1) is 18.7. The molecule has 1 amide bonds. The zero-order chi connectivity index (χ0) is 19.1. The Balaban J connectivity index is 1.55. The number of H-pyrrole nitrogens is 1. The van der Waals surface area contributed by atoms with Gasteiger partial charge in [0.1, 0.15) is 0 Å². The molecule has 0 saturated heterocycles. The van der Waals surface area contributed by atoms with Gasteiger partial charge in [0, 0.05) is 11.3 Å². The number of amides is 1. The number of aromatic amines is 1. The van der Waals surface area contributed by atoms with Crippen molar-refractivity contribution in [1.82, 2.24) is 15.2 Å². The second kappa shape index (κ2) is 9.00. The van der Waals surface area contributed by atoms with Gasteiger partial charge in [0.15, 0.2) is 5.82 Å². The number of nitrogens with zero attached hydrogens (tertiary/aromatic N) is 2. The Morgan fingerprint density at radius 1 is 1.15 bits per heavy atom. The average Bonchev–Trinajstić information content (AvgIpc) is 3.17. The Morgan fingerprint density at radius 3 is 2.74 bits per heavy atom. The minimum Gasteiger partial charge on any atom is -0.462 e. The van der Waals surface area contributed by atoms with Crippen LogP contribution in [0.3, 0.4) is 0 Å². The predicted molar refractivity (Wildman–Crippen MR) is 104 cm³/mol. The molecule has 0 unspecified atom stereocenters. The number of hydrogen-bond acceptors (Lipinski definition) is 6. The van der Waals surface area contributed by atoms with Crippen molar-refractivity contribution in [2.75, 3.05) is 17.7 Å². The molecule has 3 aromatic rings. The maximum Gasteiger partial charge on any atom is 0.338 e. The van der Waals surface area contributed by atoms with E-state index in [0.717, 1.165) is 5.56 Å². The first-order valence-corrected chi connectivity index (χ1v) is 9.32. The summed E-state index contributed by atoms with van der Waals surface area (Å²) in [5.41, 5.74) is 1.85. The van der Waals surface area contributed by atoms with E-state index < -0.39 is 5.97 Å². The van der Waals surface area contributed by atoms with Gasteiger partial charge >= 0.3 is 5.97 Å². The van der Waals surface area contributed by atoms with Crippen LogP contribution < -0.4 is 5.32 Å². The molecule has 0 saturated carbocycles. The largest absolute Gasteiger partial charge is 0.462 e. The lowest BCUT2D eigenvalue weighted by molar-refractivity contribution is -0.113. The van der Waals surface area contributed by atoms with Crippen LogP contribution in [0.4, 0.5) is 5.69 Å². The lowest BCUT2D eigenvalue weighted by atomic mass is 10.2. The summed E-state index contributed by atoms with van der Waals surface area (Å²) in [5.74, 6) is 0.167. The summed E-state index contributed by atoms with van der Waals surface area (Å²) >= 11 is 1.22. The SMILES string of the molecule is CCOC(=O)c1cccc(NC(=O)CSc2n[nH]c(-c3ccccc3)n2)c1. The molecule has 2 aromatic carbocycles. The Kier molecular flexibility index (Phi) is 6.22. The molecular formula is C19H18N4O3S. The number of ether oxygens (including phenoxy) is 1. The fourth-order valence-electron chi connectivity index (χ4n) is 2.30. The van der Waals surface area contributed by atoms with Crippen molar-refractivity contribution in [2.24, 2.45) is 0 Å². The molecule has 2 N–H and O–H groups in total. The normalized spacial score (nSPS) is 10.4. The van der Waals surface area contributed by atoms with Crippen molar-refractivity contribution in [1.29, 1.82) is 0 Å². The molecule has 0 fully saturated rings. The number of aromatic nitrogens is 3. The summed E-state index contributed by atoms with van der Waals surface area (Å²) in [6.45, 7) is 2.04. The van der Waals surface area contributed by atoms with Crippen LogP contribution in [0.25, 0.3) is 11.4 Å². The predicted octanol–water partition coefficient (Wildman–Crippen LogP) is 3.38. The van der Waals surface area contributed by atoms with Gasteiger partial charge in [0.25, 0.3) is 0 Å². The van der Waals surface area contributed by atoms with Gasteiger partial charge in [-0.25, -0.2) is 9.78 Å². The summed E-state index contributed by atoms with van der Waals surface area (Å²) < 4.78 is 4.96. The van der Waals surface area contributed by atoms with Gasteiger partial charge in [-0.3, -0.25) is 9.89 Å². The second-order valence-corrected chi connectivity index (χ2v) is 6.41. The van der Waals surface area contributed by atoms with Crippen LogP contribution in [-0.2, 0) is 9.53 Å². The van der Waals surface area contributed by atoms with E-state index in [1.807, 2.05) is 30.3 Å². The third-order valence-electron chi connectivity index (χ3n) is 3.50. The van der Waals surface area contributed by atoms with Gasteiger partial charge in [-0.2, -0.15) is 0 Å². The molecule has 1 aromatic heterocycles. The van der Waals surface area contributed by atoms with E-state index >= 15 is 0 Å². The number of anilines is 1. The fourth-order valence-corrected chi connectivity index (χ4v) is 2.90. The molecule has 0 aliphatic carbocycles. The van der Waals surface area contributed by atoms with Gasteiger partial charge < -0.3 is 10.1 Å². The number of carbonyl (C=O) groups excluding carboxylic acids is 2. The molecule has 0 atom stereocenters. The van der Waals surface area contributed by atoms with Crippen LogP contribution in [-0.4, -0.2) is 39.4 Å². The van der Waals surface area contributed by atoms with Crippen molar-refractivity contribution in [3.63, 3.8) is 0 Å². The Labute approximate surface area is 160 Å². The third-order valence-corrected chi connectivity index (χ3v) is 4.35. The Morgan fingerprint density at radius 2 is 1.96 bits per heavy atom. The minimum absolute atomic E-state index is 0.149. The quantitative estimate of drug-likeness (QED) is 0.480. The summed E-state index contributed by atoms with van der Waals surface area (Å²) in [6, 6.07) is 16.3. The summed E-state index contributed by atoms with van der Waals surface area (Å²) in [7, 11) is 0. The molecule has 3 rings (SSSR count). The molecule has 0 spiro atoms. The summed E-state index contributed by atoms with van der Waals surface area (Å²) in [6.07, 6.45) is 0. The van der Waals surface area contributed by atoms with E-state index in [1.54, 1.807) is 31.2 Å². The first-order valence-electron chi connectivity index (χ1n) is 8.33. The summed E-state index contributed by atoms with van der Waals surface area (Å²) in [4.78, 5) is 28.3. The second-order valence-electron chi connectivity index (χ2n) is 5.47. The van der Waals surface area contributed by atoms with Gasteiger partial charge in [0.2, 0.25) is 11.1 Å². The maximum atomic E-state index is 12.2. The number of esters is 1. The minimum atomic E-state index is -0.419. The van der Waals surface area contributed by atoms with Gasteiger partial charge in [0.05, 0.1) is 17.9 Å². The highest BCUT2D eigenvalue weighted by Gasteiger charge is 2.11. The van der Waals surface area contributed by atoms with Gasteiger partial charge in [-0.15, -0.1) is 5.10 Å². The number of thioether (sulfide) groups is 1. The zero-order valence-corrected chi connectivity index (χ0v) is 15.5. The highest BCUT2D eigenvalue weighted by Crippen LogP contribution is 2.19. The van der Waals surface area contributed by atoms with E-state index in [0.29, 0.717) is 28.8 Å². The van der Waals surface area contributed by atoms with Crippen molar-refractivity contribution in [3.05, 3.63) is 60.2 Å². The molecule has 138 valence electrons. The van der Waals surface area contributed by atoms with E-state index in [1.165, 1.54) is 11.8 Å². The molecular weight excluding hydrogens is 364 g/mol. The van der Waals surface area contributed by atoms with Crippen molar-refractivity contribution in [2.45, 2.75) is 12.1 Å². The molecule has 0 bridgehead atoms. The number of hydrogen-bond donors (Lipinski definition) is 2. The van der Waals surface area contributed by atoms with Crippen LogP contribution >= 0.6 is 11.8 Å². The molecule has 0 radical (unpaired) electrons. The smallest absolute Gasteiger partial charge is 0.338 e. The molecule has 7 nitrogen and oxygen atoms in total. The average molecular weight is 382 g/mol.